The van der Waals surface area contributed by atoms with Crippen molar-refractivity contribution in [1.82, 2.24) is 10.2 Å². The van der Waals surface area contributed by atoms with E-state index in [0.29, 0.717) is 11.5 Å². The summed E-state index contributed by atoms with van der Waals surface area (Å²) in [7, 11) is 0. The Morgan fingerprint density at radius 1 is 1.19 bits per heavy atom. The van der Waals surface area contributed by atoms with Gasteiger partial charge in [0.25, 0.3) is 0 Å². The van der Waals surface area contributed by atoms with Crippen LogP contribution < -0.4 is 5.32 Å². The highest BCUT2D eigenvalue weighted by Crippen LogP contribution is 2.30. The number of hydrogen-bond acceptors (Lipinski definition) is 2. The molecule has 1 fully saturated rings. The van der Waals surface area contributed by atoms with Crippen LogP contribution >= 0.6 is 0 Å². The SMILES string of the molecule is CCNC(CCN1CCC(C)(C)CC1)c1ccc(F)cc1. The Morgan fingerprint density at radius 2 is 1.81 bits per heavy atom. The summed E-state index contributed by atoms with van der Waals surface area (Å²) in [4.78, 5) is 2.57. The maximum atomic E-state index is 13.1. The zero-order valence-corrected chi connectivity index (χ0v) is 13.7. The number of nitrogens with one attached hydrogen (secondary N) is 1. The number of halogens is 1. The maximum Gasteiger partial charge on any atom is 0.123 e. The van der Waals surface area contributed by atoms with Gasteiger partial charge in [0, 0.05) is 6.04 Å². The molecule has 1 saturated heterocycles. The van der Waals surface area contributed by atoms with Crippen molar-refractivity contribution in [3.8, 4) is 0 Å². The van der Waals surface area contributed by atoms with E-state index < -0.39 is 0 Å². The molecule has 118 valence electrons. The van der Waals surface area contributed by atoms with Crippen molar-refractivity contribution in [2.75, 3.05) is 26.2 Å². The van der Waals surface area contributed by atoms with Crippen LogP contribution in [0, 0.1) is 11.2 Å². The Balaban J connectivity index is 1.87. The van der Waals surface area contributed by atoms with Crippen LogP contribution in [0.4, 0.5) is 4.39 Å². The molecular formula is C18H29FN2. The van der Waals surface area contributed by atoms with Crippen LogP contribution in [-0.2, 0) is 0 Å². The molecule has 1 aliphatic rings. The second kappa shape index (κ2) is 7.37. The first-order valence-electron chi connectivity index (χ1n) is 8.21. The van der Waals surface area contributed by atoms with Gasteiger partial charge in [-0.25, -0.2) is 4.39 Å². The molecule has 0 aromatic heterocycles. The summed E-state index contributed by atoms with van der Waals surface area (Å²) in [5.74, 6) is -0.160. The van der Waals surface area contributed by atoms with Gasteiger partial charge in [-0.05, 0) is 68.6 Å². The van der Waals surface area contributed by atoms with Gasteiger partial charge >= 0.3 is 0 Å². The zero-order chi connectivity index (χ0) is 15.3. The van der Waals surface area contributed by atoms with E-state index in [1.165, 1.54) is 31.5 Å². The predicted octanol–water partition coefficient (Wildman–Crippen LogP) is 3.99. The predicted molar refractivity (Wildman–Crippen MR) is 86.9 cm³/mol. The highest BCUT2D eigenvalue weighted by molar-refractivity contribution is 5.20. The molecule has 0 spiro atoms. The summed E-state index contributed by atoms with van der Waals surface area (Å²) in [5.41, 5.74) is 1.70. The highest BCUT2D eigenvalue weighted by atomic mass is 19.1. The number of piperidine rings is 1. The second-order valence-corrected chi connectivity index (χ2v) is 6.96. The molecule has 1 heterocycles. The largest absolute Gasteiger partial charge is 0.310 e. The van der Waals surface area contributed by atoms with Gasteiger partial charge in [0.1, 0.15) is 5.82 Å². The molecule has 0 bridgehead atoms. The average Bonchev–Trinajstić information content (AvgIpc) is 2.46. The van der Waals surface area contributed by atoms with E-state index in [-0.39, 0.29) is 5.82 Å². The van der Waals surface area contributed by atoms with E-state index in [1.807, 2.05) is 12.1 Å². The zero-order valence-electron chi connectivity index (χ0n) is 13.7. The molecule has 0 amide bonds. The topological polar surface area (TPSA) is 15.3 Å². The van der Waals surface area contributed by atoms with E-state index in [1.54, 1.807) is 12.1 Å². The van der Waals surface area contributed by atoms with Crippen LogP contribution in [0.1, 0.15) is 51.6 Å². The Bertz CT molecular complexity index is 417. The van der Waals surface area contributed by atoms with E-state index >= 15 is 0 Å². The van der Waals surface area contributed by atoms with Crippen LogP contribution in [0.3, 0.4) is 0 Å². The molecule has 1 aromatic rings. The fraction of sp³-hybridized carbons (Fsp3) is 0.667. The van der Waals surface area contributed by atoms with E-state index in [0.717, 1.165) is 19.5 Å². The molecule has 0 radical (unpaired) electrons. The first kappa shape index (κ1) is 16.4. The van der Waals surface area contributed by atoms with Crippen LogP contribution in [0.25, 0.3) is 0 Å². The summed E-state index contributed by atoms with van der Waals surface area (Å²) in [6.45, 7) is 11.3. The molecule has 0 saturated carbocycles. The number of likely N-dealkylation sites (tertiary alicyclic amines) is 1. The summed E-state index contributed by atoms with van der Waals surface area (Å²) in [5, 5.41) is 3.53. The average molecular weight is 292 g/mol. The summed E-state index contributed by atoms with van der Waals surface area (Å²) >= 11 is 0. The lowest BCUT2D eigenvalue weighted by atomic mass is 9.82. The van der Waals surface area contributed by atoms with Crippen LogP contribution in [-0.4, -0.2) is 31.1 Å². The summed E-state index contributed by atoms with van der Waals surface area (Å²) in [6, 6.07) is 7.25. The minimum atomic E-state index is -0.160. The summed E-state index contributed by atoms with van der Waals surface area (Å²) in [6.07, 6.45) is 3.66. The Kier molecular flexibility index (Phi) is 5.77. The maximum absolute atomic E-state index is 13.1. The molecule has 1 N–H and O–H groups in total. The van der Waals surface area contributed by atoms with Crippen LogP contribution in [0.5, 0.6) is 0 Å². The van der Waals surface area contributed by atoms with Crippen LogP contribution in [0.15, 0.2) is 24.3 Å². The molecule has 1 aliphatic heterocycles. The van der Waals surface area contributed by atoms with Gasteiger partial charge < -0.3 is 10.2 Å². The van der Waals surface area contributed by atoms with Crippen molar-refractivity contribution >= 4 is 0 Å². The Labute approximate surface area is 128 Å². The fourth-order valence-electron chi connectivity index (χ4n) is 3.02. The third-order valence-corrected chi connectivity index (χ3v) is 4.67. The van der Waals surface area contributed by atoms with E-state index in [4.69, 9.17) is 0 Å². The first-order chi connectivity index (χ1) is 10.00. The molecule has 1 aromatic carbocycles. The van der Waals surface area contributed by atoms with Gasteiger partial charge in [-0.3, -0.25) is 0 Å². The summed E-state index contributed by atoms with van der Waals surface area (Å²) < 4.78 is 13.1. The minimum Gasteiger partial charge on any atom is -0.310 e. The Hall–Kier alpha value is -0.930. The lowest BCUT2D eigenvalue weighted by Gasteiger charge is -2.37. The van der Waals surface area contributed by atoms with Crippen molar-refractivity contribution < 1.29 is 4.39 Å². The molecule has 0 aliphatic carbocycles. The van der Waals surface area contributed by atoms with Gasteiger partial charge in [0.15, 0.2) is 0 Å². The third kappa shape index (κ3) is 5.08. The van der Waals surface area contributed by atoms with Gasteiger partial charge in [-0.2, -0.15) is 0 Å². The van der Waals surface area contributed by atoms with Gasteiger partial charge in [0.05, 0.1) is 0 Å². The van der Waals surface area contributed by atoms with Crippen molar-refractivity contribution in [2.45, 2.75) is 46.1 Å². The van der Waals surface area contributed by atoms with Crippen molar-refractivity contribution in [3.05, 3.63) is 35.6 Å². The number of benzene rings is 1. The quantitative estimate of drug-likeness (QED) is 0.853. The van der Waals surface area contributed by atoms with Crippen molar-refractivity contribution in [3.63, 3.8) is 0 Å². The number of nitrogens with zero attached hydrogens (tertiary/aromatic N) is 1. The highest BCUT2D eigenvalue weighted by Gasteiger charge is 2.25. The third-order valence-electron chi connectivity index (χ3n) is 4.67. The smallest absolute Gasteiger partial charge is 0.123 e. The minimum absolute atomic E-state index is 0.160. The standard InChI is InChI=1S/C18H29FN2/c1-4-20-17(15-5-7-16(19)8-6-15)9-12-21-13-10-18(2,3)11-14-21/h5-8,17,20H,4,9-14H2,1-3H3. The van der Waals surface area contributed by atoms with E-state index in [2.05, 4.69) is 31.0 Å². The molecule has 2 nitrogen and oxygen atoms in total. The Morgan fingerprint density at radius 3 is 2.38 bits per heavy atom. The molecule has 1 atom stereocenters. The lowest BCUT2D eigenvalue weighted by molar-refractivity contribution is 0.128. The van der Waals surface area contributed by atoms with Crippen molar-refractivity contribution in [2.24, 2.45) is 5.41 Å². The fourth-order valence-corrected chi connectivity index (χ4v) is 3.02. The molecule has 21 heavy (non-hydrogen) atoms. The van der Waals surface area contributed by atoms with Gasteiger partial charge in [-0.1, -0.05) is 32.9 Å². The van der Waals surface area contributed by atoms with Crippen LogP contribution in [0.2, 0.25) is 0 Å². The van der Waals surface area contributed by atoms with Gasteiger partial charge in [0.2, 0.25) is 0 Å². The van der Waals surface area contributed by atoms with Crippen molar-refractivity contribution in [1.29, 1.82) is 0 Å². The molecule has 3 heteroatoms. The molecule has 2 rings (SSSR count). The number of hydrogen-bond donors (Lipinski definition) is 1. The van der Waals surface area contributed by atoms with E-state index in [9.17, 15) is 4.39 Å². The monoisotopic (exact) mass is 292 g/mol. The molecular weight excluding hydrogens is 263 g/mol. The number of rotatable bonds is 6. The second-order valence-electron chi connectivity index (χ2n) is 6.96. The first-order valence-corrected chi connectivity index (χ1v) is 8.21. The molecule has 1 unspecified atom stereocenters. The normalized spacial score (nSPS) is 20.4. The lowest BCUT2D eigenvalue weighted by Crippen LogP contribution is -2.39. The van der Waals surface area contributed by atoms with Gasteiger partial charge in [-0.15, -0.1) is 0 Å².